The topological polar surface area (TPSA) is 43.2 Å². The summed E-state index contributed by atoms with van der Waals surface area (Å²) in [4.78, 5) is 11.6. The smallest absolute Gasteiger partial charge is 0.160 e. The molecule has 0 spiro atoms. The zero-order valence-corrected chi connectivity index (χ0v) is 13.5. The van der Waals surface area contributed by atoms with Crippen LogP contribution >= 0.6 is 11.6 Å². The van der Waals surface area contributed by atoms with Crippen LogP contribution in [-0.4, -0.2) is 52.3 Å². The van der Waals surface area contributed by atoms with Crippen LogP contribution in [0.4, 0.5) is 0 Å². The molecule has 0 saturated carbocycles. The molecule has 2 atom stereocenters. The Morgan fingerprint density at radius 2 is 2.24 bits per heavy atom. The van der Waals surface area contributed by atoms with Gasteiger partial charge in [0.2, 0.25) is 0 Å². The third-order valence-electron chi connectivity index (χ3n) is 3.84. The Bertz CT molecular complexity index is 640. The van der Waals surface area contributed by atoms with Gasteiger partial charge in [-0.1, -0.05) is 0 Å². The van der Waals surface area contributed by atoms with E-state index in [-0.39, 0.29) is 11.5 Å². The Hall–Kier alpha value is -1.17. The van der Waals surface area contributed by atoms with E-state index >= 15 is 0 Å². The number of rotatable bonds is 3. The first kappa shape index (κ1) is 14.8. The van der Waals surface area contributed by atoms with E-state index < -0.39 is 0 Å². The van der Waals surface area contributed by atoms with E-state index in [1.54, 1.807) is 0 Å². The van der Waals surface area contributed by atoms with Crippen molar-refractivity contribution in [2.75, 3.05) is 26.7 Å². The maximum Gasteiger partial charge on any atom is 0.160 e. The molecular formula is C15H21ClN4O. The van der Waals surface area contributed by atoms with Crippen LogP contribution in [0.1, 0.15) is 23.8 Å². The molecule has 1 fully saturated rings. The number of hydrogen-bond donors (Lipinski definition) is 0. The van der Waals surface area contributed by atoms with Gasteiger partial charge in [0.05, 0.1) is 24.6 Å². The third kappa shape index (κ3) is 3.05. The van der Waals surface area contributed by atoms with Crippen LogP contribution in [0.5, 0.6) is 0 Å². The van der Waals surface area contributed by atoms with Gasteiger partial charge in [-0.15, -0.1) is 11.6 Å². The van der Waals surface area contributed by atoms with Gasteiger partial charge in [-0.05, 0) is 33.0 Å². The van der Waals surface area contributed by atoms with Gasteiger partial charge in [-0.3, -0.25) is 0 Å². The lowest BCUT2D eigenvalue weighted by Crippen LogP contribution is -2.42. The second-order valence-electron chi connectivity index (χ2n) is 5.75. The van der Waals surface area contributed by atoms with Gasteiger partial charge in [-0.25, -0.2) is 9.97 Å². The molecule has 1 aliphatic heterocycles. The summed E-state index contributed by atoms with van der Waals surface area (Å²) in [6.07, 6.45) is 0.151. The summed E-state index contributed by atoms with van der Waals surface area (Å²) in [6.45, 7) is 7.35. The molecule has 0 N–H and O–H groups in total. The maximum atomic E-state index is 6.30. The van der Waals surface area contributed by atoms with Crippen molar-refractivity contribution in [3.8, 4) is 0 Å². The molecule has 0 amide bonds. The summed E-state index contributed by atoms with van der Waals surface area (Å²) < 4.78 is 7.99. The van der Waals surface area contributed by atoms with Crippen molar-refractivity contribution >= 4 is 22.8 Å². The number of ether oxygens (including phenoxy) is 1. The highest BCUT2D eigenvalue weighted by Crippen LogP contribution is 2.24. The number of hydrogen-bond acceptors (Lipinski definition) is 4. The minimum Gasteiger partial charge on any atom is -0.374 e. The minimum atomic E-state index is -0.152. The first-order chi connectivity index (χ1) is 10.0. The normalized spacial score (nSPS) is 21.8. The van der Waals surface area contributed by atoms with Crippen molar-refractivity contribution in [2.24, 2.45) is 0 Å². The molecule has 2 aromatic heterocycles. The first-order valence-electron chi connectivity index (χ1n) is 7.32. The van der Waals surface area contributed by atoms with Gasteiger partial charge < -0.3 is 14.2 Å². The molecule has 21 heavy (non-hydrogen) atoms. The number of morpholine rings is 1. The minimum absolute atomic E-state index is 0.151. The van der Waals surface area contributed by atoms with Crippen molar-refractivity contribution in [3.05, 3.63) is 23.7 Å². The van der Waals surface area contributed by atoms with Gasteiger partial charge in [-0.2, -0.15) is 0 Å². The molecule has 0 aliphatic carbocycles. The lowest BCUT2D eigenvalue weighted by molar-refractivity contribution is -0.0273. The van der Waals surface area contributed by atoms with E-state index in [0.29, 0.717) is 0 Å². The Morgan fingerprint density at radius 1 is 1.43 bits per heavy atom. The van der Waals surface area contributed by atoms with Crippen LogP contribution in [0.3, 0.4) is 0 Å². The molecule has 1 aliphatic rings. The van der Waals surface area contributed by atoms with Gasteiger partial charge in [0.15, 0.2) is 5.65 Å². The van der Waals surface area contributed by atoms with E-state index in [4.69, 9.17) is 16.3 Å². The third-order valence-corrected chi connectivity index (χ3v) is 4.04. The molecular weight excluding hydrogens is 288 g/mol. The van der Waals surface area contributed by atoms with Crippen LogP contribution in [0.15, 0.2) is 12.1 Å². The fourth-order valence-corrected chi connectivity index (χ4v) is 2.95. The zero-order chi connectivity index (χ0) is 15.0. The van der Waals surface area contributed by atoms with E-state index in [1.807, 2.05) is 26.0 Å². The summed E-state index contributed by atoms with van der Waals surface area (Å²) in [5.41, 5.74) is 2.78. The molecule has 6 heteroatoms. The second kappa shape index (κ2) is 5.91. The number of fused-ring (bicyclic) bond motifs is 1. The quantitative estimate of drug-likeness (QED) is 0.817. The highest BCUT2D eigenvalue weighted by Gasteiger charge is 2.23. The van der Waals surface area contributed by atoms with Gasteiger partial charge in [0.25, 0.3) is 0 Å². The summed E-state index contributed by atoms with van der Waals surface area (Å²) >= 11 is 6.30. The van der Waals surface area contributed by atoms with Crippen LogP contribution in [0, 0.1) is 6.92 Å². The van der Waals surface area contributed by atoms with Crippen LogP contribution in [0.25, 0.3) is 11.2 Å². The second-order valence-corrected chi connectivity index (χ2v) is 6.40. The number of nitrogens with zero attached hydrogens (tertiary/aromatic N) is 4. The van der Waals surface area contributed by atoms with Gasteiger partial charge >= 0.3 is 0 Å². The molecule has 5 nitrogen and oxygen atoms in total. The van der Waals surface area contributed by atoms with Crippen LogP contribution < -0.4 is 0 Å². The summed E-state index contributed by atoms with van der Waals surface area (Å²) in [5.74, 6) is 0.863. The predicted octanol–water partition coefficient (Wildman–Crippen LogP) is 2.37. The van der Waals surface area contributed by atoms with Crippen molar-refractivity contribution < 1.29 is 4.74 Å². The van der Waals surface area contributed by atoms with Gasteiger partial charge in [0.1, 0.15) is 11.3 Å². The maximum absolute atomic E-state index is 6.30. The number of likely N-dealkylation sites (N-methyl/N-ethyl adjacent to an activating group) is 1. The van der Waals surface area contributed by atoms with Crippen molar-refractivity contribution in [3.63, 3.8) is 0 Å². The molecule has 2 aromatic rings. The SMILES string of the molecule is Cc1ccc2nc(C(C)Cl)n(CC3CN(C)CCO3)c2n1. The lowest BCUT2D eigenvalue weighted by Gasteiger charge is -2.30. The molecule has 3 heterocycles. The lowest BCUT2D eigenvalue weighted by atomic mass is 10.2. The highest BCUT2D eigenvalue weighted by atomic mass is 35.5. The summed E-state index contributed by atoms with van der Waals surface area (Å²) in [7, 11) is 2.12. The summed E-state index contributed by atoms with van der Waals surface area (Å²) in [6, 6.07) is 3.98. The van der Waals surface area contributed by atoms with Crippen LogP contribution in [-0.2, 0) is 11.3 Å². The number of aromatic nitrogens is 3. The number of imidazole rings is 1. The van der Waals surface area contributed by atoms with Crippen molar-refractivity contribution in [1.82, 2.24) is 19.4 Å². The summed E-state index contributed by atoms with van der Waals surface area (Å²) in [5, 5.41) is -0.152. The molecule has 0 aromatic carbocycles. The highest BCUT2D eigenvalue weighted by molar-refractivity contribution is 6.20. The first-order valence-corrected chi connectivity index (χ1v) is 7.76. The Labute approximate surface area is 129 Å². The van der Waals surface area contributed by atoms with Crippen LogP contribution in [0.2, 0.25) is 0 Å². The number of alkyl halides is 1. The largest absolute Gasteiger partial charge is 0.374 e. The standard InChI is InChI=1S/C15H21ClN4O/c1-10-4-5-13-15(17-10)20(14(18-13)11(2)16)9-12-8-19(3)6-7-21-12/h4-5,11-12H,6-9H2,1-3H3. The molecule has 0 bridgehead atoms. The van der Waals surface area contributed by atoms with E-state index in [1.165, 1.54) is 0 Å². The number of pyridine rings is 1. The molecule has 0 radical (unpaired) electrons. The molecule has 3 rings (SSSR count). The van der Waals surface area contributed by atoms with Gasteiger partial charge in [0, 0.05) is 18.8 Å². The average Bonchev–Trinajstić information content (AvgIpc) is 2.77. The van der Waals surface area contributed by atoms with E-state index in [0.717, 1.165) is 48.9 Å². The molecule has 2 unspecified atom stereocenters. The van der Waals surface area contributed by atoms with E-state index in [2.05, 4.69) is 26.5 Å². The van der Waals surface area contributed by atoms with E-state index in [9.17, 15) is 0 Å². The predicted molar refractivity (Wildman–Crippen MR) is 83.8 cm³/mol. The fraction of sp³-hybridized carbons (Fsp3) is 0.600. The Morgan fingerprint density at radius 3 is 2.95 bits per heavy atom. The monoisotopic (exact) mass is 308 g/mol. The average molecular weight is 309 g/mol. The Balaban J connectivity index is 1.98. The fourth-order valence-electron chi connectivity index (χ4n) is 2.78. The van der Waals surface area contributed by atoms with Crippen molar-refractivity contribution in [1.29, 1.82) is 0 Å². The Kier molecular flexibility index (Phi) is 4.15. The zero-order valence-electron chi connectivity index (χ0n) is 12.7. The van der Waals surface area contributed by atoms with Crippen molar-refractivity contribution in [2.45, 2.75) is 31.9 Å². The molecule has 114 valence electrons. The number of halogens is 1. The number of aryl methyl sites for hydroxylation is 1. The molecule has 1 saturated heterocycles.